The van der Waals surface area contributed by atoms with Crippen molar-refractivity contribution in [3.05, 3.63) is 35.9 Å². The lowest BCUT2D eigenvalue weighted by atomic mass is 10.2. The summed E-state index contributed by atoms with van der Waals surface area (Å²) in [5.74, 6) is -0.166. The van der Waals surface area contributed by atoms with Crippen molar-refractivity contribution in [2.75, 3.05) is 32.7 Å². The van der Waals surface area contributed by atoms with E-state index in [1.807, 2.05) is 51.1 Å². The second-order valence-corrected chi connectivity index (χ2v) is 7.56. The van der Waals surface area contributed by atoms with Crippen LogP contribution in [0.1, 0.15) is 39.2 Å². The van der Waals surface area contributed by atoms with Crippen molar-refractivity contribution in [2.45, 2.75) is 45.8 Å². The molecule has 0 spiro atoms. The molecular formula is C20H30N2O4. The molecule has 0 atom stereocenters. The molecule has 1 amide bonds. The number of carbonyl (C=O) groups excluding carboxylic acids is 2. The standard InChI is InChI=1S/C20H30N2O4/c1-20(2,3)26-19(24)22-14-12-21(13-15-22)11-7-10-18(23)25-16-17-8-5-4-6-9-17/h4-6,8-9H,7,10-16H2,1-3H3. The topological polar surface area (TPSA) is 59.1 Å². The van der Waals surface area contributed by atoms with Crippen LogP contribution in [0.15, 0.2) is 30.3 Å². The van der Waals surface area contributed by atoms with Gasteiger partial charge in [0.05, 0.1) is 0 Å². The highest BCUT2D eigenvalue weighted by atomic mass is 16.6. The van der Waals surface area contributed by atoms with Gasteiger partial charge in [-0.2, -0.15) is 0 Å². The predicted molar refractivity (Wildman–Crippen MR) is 99.7 cm³/mol. The average Bonchev–Trinajstić information content (AvgIpc) is 2.60. The molecule has 0 aliphatic carbocycles. The zero-order valence-electron chi connectivity index (χ0n) is 16.1. The highest BCUT2D eigenvalue weighted by molar-refractivity contribution is 5.69. The Labute approximate surface area is 156 Å². The molecule has 6 heteroatoms. The first-order chi connectivity index (χ1) is 12.3. The number of benzene rings is 1. The summed E-state index contributed by atoms with van der Waals surface area (Å²) < 4.78 is 10.7. The molecule has 1 aliphatic heterocycles. The molecule has 1 aromatic rings. The molecule has 0 saturated carbocycles. The Hall–Kier alpha value is -2.08. The Kier molecular flexibility index (Phi) is 7.45. The largest absolute Gasteiger partial charge is 0.461 e. The van der Waals surface area contributed by atoms with Crippen LogP contribution in [0.4, 0.5) is 4.79 Å². The van der Waals surface area contributed by atoms with E-state index in [2.05, 4.69) is 4.90 Å². The van der Waals surface area contributed by atoms with Crippen LogP contribution in [0.2, 0.25) is 0 Å². The molecule has 1 heterocycles. The van der Waals surface area contributed by atoms with Crippen molar-refractivity contribution in [3.8, 4) is 0 Å². The number of ether oxygens (including phenoxy) is 2. The van der Waals surface area contributed by atoms with Gasteiger partial charge in [0, 0.05) is 32.6 Å². The summed E-state index contributed by atoms with van der Waals surface area (Å²) >= 11 is 0. The highest BCUT2D eigenvalue weighted by Crippen LogP contribution is 2.12. The Morgan fingerprint density at radius 3 is 2.31 bits per heavy atom. The SMILES string of the molecule is CC(C)(C)OC(=O)N1CCN(CCCC(=O)OCc2ccccc2)CC1. The Balaban J connectivity index is 1.58. The van der Waals surface area contributed by atoms with Gasteiger partial charge in [-0.3, -0.25) is 9.69 Å². The zero-order valence-corrected chi connectivity index (χ0v) is 16.1. The summed E-state index contributed by atoms with van der Waals surface area (Å²) in [5.41, 5.74) is 0.535. The molecule has 1 fully saturated rings. The van der Waals surface area contributed by atoms with Crippen LogP contribution in [-0.4, -0.2) is 60.2 Å². The minimum absolute atomic E-state index is 0.166. The zero-order chi connectivity index (χ0) is 19.0. The van der Waals surface area contributed by atoms with Crippen LogP contribution >= 0.6 is 0 Å². The Morgan fingerprint density at radius 2 is 1.69 bits per heavy atom. The van der Waals surface area contributed by atoms with E-state index in [0.717, 1.165) is 31.6 Å². The van der Waals surface area contributed by atoms with Gasteiger partial charge in [0.25, 0.3) is 0 Å². The minimum Gasteiger partial charge on any atom is -0.461 e. The molecule has 1 saturated heterocycles. The molecule has 0 aromatic heterocycles. The van der Waals surface area contributed by atoms with Gasteiger partial charge in [-0.1, -0.05) is 30.3 Å². The Morgan fingerprint density at radius 1 is 1.04 bits per heavy atom. The molecule has 144 valence electrons. The molecule has 26 heavy (non-hydrogen) atoms. The van der Waals surface area contributed by atoms with Crippen LogP contribution < -0.4 is 0 Å². The second-order valence-electron chi connectivity index (χ2n) is 7.56. The number of hydrogen-bond donors (Lipinski definition) is 0. The number of nitrogens with zero attached hydrogens (tertiary/aromatic N) is 2. The third kappa shape index (κ3) is 7.44. The van der Waals surface area contributed by atoms with Crippen molar-refractivity contribution in [2.24, 2.45) is 0 Å². The number of esters is 1. The average molecular weight is 362 g/mol. The summed E-state index contributed by atoms with van der Waals surface area (Å²) in [6.45, 7) is 9.71. The van der Waals surface area contributed by atoms with E-state index in [1.54, 1.807) is 4.90 Å². The second kappa shape index (κ2) is 9.57. The van der Waals surface area contributed by atoms with Gasteiger partial charge in [-0.15, -0.1) is 0 Å². The van der Waals surface area contributed by atoms with Crippen LogP contribution in [-0.2, 0) is 20.9 Å². The van der Waals surface area contributed by atoms with Gasteiger partial charge in [0.2, 0.25) is 0 Å². The molecule has 0 radical (unpaired) electrons. The number of rotatable bonds is 6. The fraction of sp³-hybridized carbons (Fsp3) is 0.600. The van der Waals surface area contributed by atoms with Gasteiger partial charge in [-0.05, 0) is 39.3 Å². The van der Waals surface area contributed by atoms with E-state index in [4.69, 9.17) is 9.47 Å². The van der Waals surface area contributed by atoms with Gasteiger partial charge < -0.3 is 14.4 Å². The number of piperazine rings is 1. The van der Waals surface area contributed by atoms with Crippen LogP contribution in [0, 0.1) is 0 Å². The fourth-order valence-electron chi connectivity index (χ4n) is 2.74. The maximum absolute atomic E-state index is 12.0. The first-order valence-electron chi connectivity index (χ1n) is 9.23. The fourth-order valence-corrected chi connectivity index (χ4v) is 2.74. The van der Waals surface area contributed by atoms with E-state index in [1.165, 1.54) is 0 Å². The smallest absolute Gasteiger partial charge is 0.410 e. The molecular weight excluding hydrogens is 332 g/mol. The summed E-state index contributed by atoms with van der Waals surface area (Å²) in [6.07, 6.45) is 0.931. The van der Waals surface area contributed by atoms with E-state index in [9.17, 15) is 9.59 Å². The van der Waals surface area contributed by atoms with Gasteiger partial charge in [-0.25, -0.2) is 4.79 Å². The van der Waals surface area contributed by atoms with Crippen molar-refractivity contribution >= 4 is 12.1 Å². The van der Waals surface area contributed by atoms with Crippen molar-refractivity contribution < 1.29 is 19.1 Å². The molecule has 1 aromatic carbocycles. The van der Waals surface area contributed by atoms with Crippen molar-refractivity contribution in [3.63, 3.8) is 0 Å². The van der Waals surface area contributed by atoms with E-state index in [0.29, 0.717) is 26.1 Å². The van der Waals surface area contributed by atoms with Crippen LogP contribution in [0.25, 0.3) is 0 Å². The maximum atomic E-state index is 12.0. The quantitative estimate of drug-likeness (QED) is 0.728. The summed E-state index contributed by atoms with van der Waals surface area (Å²) in [6, 6.07) is 9.68. The molecule has 2 rings (SSSR count). The number of carbonyl (C=O) groups is 2. The lowest BCUT2D eigenvalue weighted by molar-refractivity contribution is -0.145. The van der Waals surface area contributed by atoms with Crippen molar-refractivity contribution in [1.29, 1.82) is 0 Å². The third-order valence-corrected chi connectivity index (χ3v) is 4.12. The van der Waals surface area contributed by atoms with Crippen molar-refractivity contribution in [1.82, 2.24) is 9.80 Å². The monoisotopic (exact) mass is 362 g/mol. The lowest BCUT2D eigenvalue weighted by Crippen LogP contribution is -2.50. The Bertz CT molecular complexity index is 575. The highest BCUT2D eigenvalue weighted by Gasteiger charge is 2.25. The minimum atomic E-state index is -0.464. The molecule has 0 bridgehead atoms. The van der Waals surface area contributed by atoms with E-state index in [-0.39, 0.29) is 12.1 Å². The summed E-state index contributed by atoms with van der Waals surface area (Å²) in [5, 5.41) is 0. The van der Waals surface area contributed by atoms with Gasteiger partial charge in [0.1, 0.15) is 12.2 Å². The molecule has 0 unspecified atom stereocenters. The number of hydrogen-bond acceptors (Lipinski definition) is 5. The third-order valence-electron chi connectivity index (χ3n) is 4.12. The van der Waals surface area contributed by atoms with E-state index >= 15 is 0 Å². The first-order valence-corrected chi connectivity index (χ1v) is 9.23. The summed E-state index contributed by atoms with van der Waals surface area (Å²) in [4.78, 5) is 27.9. The van der Waals surface area contributed by atoms with Gasteiger partial charge >= 0.3 is 12.1 Å². The van der Waals surface area contributed by atoms with E-state index < -0.39 is 5.60 Å². The molecule has 6 nitrogen and oxygen atoms in total. The maximum Gasteiger partial charge on any atom is 0.410 e. The molecule has 1 aliphatic rings. The lowest BCUT2D eigenvalue weighted by Gasteiger charge is -2.35. The predicted octanol–water partition coefficient (Wildman–Crippen LogP) is 3.06. The summed E-state index contributed by atoms with van der Waals surface area (Å²) in [7, 11) is 0. The van der Waals surface area contributed by atoms with Gasteiger partial charge in [0.15, 0.2) is 0 Å². The van der Waals surface area contributed by atoms with Crippen LogP contribution in [0.3, 0.4) is 0 Å². The van der Waals surface area contributed by atoms with Crippen LogP contribution in [0.5, 0.6) is 0 Å². The normalized spacial score (nSPS) is 15.6. The first kappa shape index (κ1) is 20.2. The number of amides is 1. The molecule has 0 N–H and O–H groups in total.